The van der Waals surface area contributed by atoms with E-state index < -0.39 is 11.6 Å². The Labute approximate surface area is 160 Å². The molecule has 2 aromatic rings. The molecule has 0 aromatic heterocycles. The number of fused-ring (bicyclic) bond motifs is 2. The number of carboxylic acids is 1. The number of hydrogen-bond acceptors (Lipinski definition) is 3. The van der Waals surface area contributed by atoms with Gasteiger partial charge in [0.25, 0.3) is 0 Å². The second-order valence-corrected chi connectivity index (χ2v) is 8.16. The first-order valence-electron chi connectivity index (χ1n) is 9.80. The maximum Gasteiger partial charge on any atom is 0.335 e. The SMILES string of the molecule is Cc1ccc(CCC(O)(c2ccccc2)C2CN3CCC2C3)cc1C(=O)O. The maximum atomic E-state index is 11.9. The number of aliphatic hydroxyl groups is 1. The van der Waals surface area contributed by atoms with Gasteiger partial charge in [-0.1, -0.05) is 42.5 Å². The van der Waals surface area contributed by atoms with Crippen molar-refractivity contribution in [3.05, 3.63) is 70.8 Å². The van der Waals surface area contributed by atoms with Gasteiger partial charge >= 0.3 is 5.97 Å². The average Bonchev–Trinajstić information content (AvgIpc) is 3.31. The molecular formula is C23H27NO3. The molecule has 2 heterocycles. The third-order valence-electron chi connectivity index (χ3n) is 6.55. The molecule has 0 radical (unpaired) electrons. The van der Waals surface area contributed by atoms with Crippen LogP contribution in [0.1, 0.15) is 39.9 Å². The molecule has 2 bridgehead atoms. The van der Waals surface area contributed by atoms with E-state index >= 15 is 0 Å². The van der Waals surface area contributed by atoms with Crippen molar-refractivity contribution in [2.75, 3.05) is 19.6 Å². The molecule has 0 aliphatic carbocycles. The Morgan fingerprint density at radius 1 is 1.19 bits per heavy atom. The Bertz CT molecular complexity index is 835. The van der Waals surface area contributed by atoms with Gasteiger partial charge in [-0.2, -0.15) is 0 Å². The predicted molar refractivity (Wildman–Crippen MR) is 105 cm³/mol. The van der Waals surface area contributed by atoms with Crippen molar-refractivity contribution < 1.29 is 15.0 Å². The van der Waals surface area contributed by atoms with Gasteiger partial charge in [0.1, 0.15) is 0 Å². The molecule has 0 amide bonds. The molecule has 4 atom stereocenters. The predicted octanol–water partition coefficient (Wildman–Crippen LogP) is 3.47. The Kier molecular flexibility index (Phi) is 4.79. The van der Waals surface area contributed by atoms with Crippen LogP contribution in [-0.2, 0) is 12.0 Å². The van der Waals surface area contributed by atoms with Crippen LogP contribution in [0.2, 0.25) is 0 Å². The highest BCUT2D eigenvalue weighted by molar-refractivity contribution is 5.89. The molecule has 4 heteroatoms. The Hall–Kier alpha value is -2.17. The van der Waals surface area contributed by atoms with Crippen molar-refractivity contribution in [1.29, 1.82) is 0 Å². The van der Waals surface area contributed by atoms with Crippen LogP contribution < -0.4 is 0 Å². The van der Waals surface area contributed by atoms with E-state index in [1.165, 1.54) is 0 Å². The van der Waals surface area contributed by atoms with Gasteiger partial charge in [-0.05, 0) is 61.4 Å². The highest BCUT2D eigenvalue weighted by atomic mass is 16.4. The summed E-state index contributed by atoms with van der Waals surface area (Å²) in [7, 11) is 0. The summed E-state index contributed by atoms with van der Waals surface area (Å²) in [5.41, 5.74) is 2.19. The van der Waals surface area contributed by atoms with E-state index in [4.69, 9.17) is 0 Å². The summed E-state index contributed by atoms with van der Waals surface area (Å²) >= 11 is 0. The highest BCUT2D eigenvalue weighted by Gasteiger charge is 2.49. The minimum absolute atomic E-state index is 0.234. The van der Waals surface area contributed by atoms with Crippen LogP contribution in [0.15, 0.2) is 48.5 Å². The Morgan fingerprint density at radius 2 is 1.96 bits per heavy atom. The van der Waals surface area contributed by atoms with E-state index in [0.717, 1.165) is 42.7 Å². The number of carbonyl (C=O) groups is 1. The molecule has 27 heavy (non-hydrogen) atoms. The number of aryl methyl sites for hydroxylation is 2. The van der Waals surface area contributed by atoms with Gasteiger partial charge in [0, 0.05) is 19.0 Å². The molecule has 2 fully saturated rings. The van der Waals surface area contributed by atoms with E-state index in [9.17, 15) is 15.0 Å². The van der Waals surface area contributed by atoms with E-state index in [-0.39, 0.29) is 5.92 Å². The molecule has 0 spiro atoms. The summed E-state index contributed by atoms with van der Waals surface area (Å²) in [4.78, 5) is 13.9. The standard InChI is InChI=1S/C23H27NO3/c1-16-7-8-17(13-20(16)22(25)26)9-11-23(27,19-5-3-2-4-6-19)21-15-24-12-10-18(21)14-24/h2-8,13,18,21,27H,9-12,14-15H2,1H3,(H,25,26). The van der Waals surface area contributed by atoms with Crippen molar-refractivity contribution in [3.63, 3.8) is 0 Å². The molecular weight excluding hydrogens is 338 g/mol. The molecule has 2 N–H and O–H groups in total. The van der Waals surface area contributed by atoms with Gasteiger partial charge in [-0.25, -0.2) is 4.79 Å². The monoisotopic (exact) mass is 365 g/mol. The number of rotatable bonds is 6. The Balaban J connectivity index is 1.61. The third kappa shape index (κ3) is 3.40. The average molecular weight is 365 g/mol. The summed E-state index contributed by atoms with van der Waals surface area (Å²) in [6.07, 6.45) is 2.43. The zero-order chi connectivity index (χ0) is 19.0. The fourth-order valence-electron chi connectivity index (χ4n) is 4.99. The molecule has 4 unspecified atom stereocenters. The first kappa shape index (κ1) is 18.2. The molecule has 2 aliphatic rings. The number of hydrogen-bond donors (Lipinski definition) is 2. The van der Waals surface area contributed by atoms with Crippen molar-refractivity contribution in [2.24, 2.45) is 11.8 Å². The summed E-state index contributed by atoms with van der Waals surface area (Å²) in [6, 6.07) is 15.6. The van der Waals surface area contributed by atoms with Crippen molar-refractivity contribution in [3.8, 4) is 0 Å². The number of piperidine rings is 1. The van der Waals surface area contributed by atoms with Crippen molar-refractivity contribution in [1.82, 2.24) is 4.90 Å². The van der Waals surface area contributed by atoms with Gasteiger partial charge in [0.2, 0.25) is 0 Å². The first-order chi connectivity index (χ1) is 13.0. The van der Waals surface area contributed by atoms with Crippen LogP contribution in [0.25, 0.3) is 0 Å². The van der Waals surface area contributed by atoms with Crippen LogP contribution in [0.4, 0.5) is 0 Å². The van der Waals surface area contributed by atoms with Crippen LogP contribution in [0.3, 0.4) is 0 Å². The normalized spacial score (nSPS) is 26.1. The van der Waals surface area contributed by atoms with Crippen LogP contribution >= 0.6 is 0 Å². The van der Waals surface area contributed by atoms with Gasteiger partial charge in [0.05, 0.1) is 11.2 Å². The van der Waals surface area contributed by atoms with Gasteiger partial charge in [0.15, 0.2) is 0 Å². The topological polar surface area (TPSA) is 60.8 Å². The van der Waals surface area contributed by atoms with Crippen LogP contribution in [-0.4, -0.2) is 40.7 Å². The highest BCUT2D eigenvalue weighted by Crippen LogP contribution is 2.46. The zero-order valence-corrected chi connectivity index (χ0v) is 15.8. The summed E-state index contributed by atoms with van der Waals surface area (Å²) in [5.74, 6) is -0.116. The molecule has 2 saturated heterocycles. The van der Waals surface area contributed by atoms with E-state index in [2.05, 4.69) is 4.90 Å². The second kappa shape index (κ2) is 7.10. The van der Waals surface area contributed by atoms with Crippen LogP contribution in [0, 0.1) is 18.8 Å². The summed E-state index contributed by atoms with van der Waals surface area (Å²) in [6.45, 7) is 5.00. The summed E-state index contributed by atoms with van der Waals surface area (Å²) in [5, 5.41) is 21.2. The minimum atomic E-state index is -0.895. The number of aromatic carboxylic acids is 1. The van der Waals surface area contributed by atoms with Gasteiger partial charge in [-0.3, -0.25) is 0 Å². The number of benzene rings is 2. The van der Waals surface area contributed by atoms with Gasteiger partial charge in [-0.15, -0.1) is 0 Å². The number of nitrogens with zero attached hydrogens (tertiary/aromatic N) is 1. The van der Waals surface area contributed by atoms with Crippen molar-refractivity contribution >= 4 is 5.97 Å². The van der Waals surface area contributed by atoms with E-state index in [1.54, 1.807) is 6.07 Å². The Morgan fingerprint density at radius 3 is 2.59 bits per heavy atom. The smallest absolute Gasteiger partial charge is 0.335 e. The molecule has 2 aromatic carbocycles. The molecule has 2 aliphatic heterocycles. The fourth-order valence-corrected chi connectivity index (χ4v) is 4.99. The maximum absolute atomic E-state index is 11.9. The lowest BCUT2D eigenvalue weighted by atomic mass is 9.71. The van der Waals surface area contributed by atoms with Gasteiger partial charge < -0.3 is 15.1 Å². The minimum Gasteiger partial charge on any atom is -0.478 e. The van der Waals surface area contributed by atoms with E-state index in [1.807, 2.05) is 49.4 Å². The quantitative estimate of drug-likeness (QED) is 0.823. The van der Waals surface area contributed by atoms with Crippen LogP contribution in [0.5, 0.6) is 0 Å². The lowest BCUT2D eigenvalue weighted by molar-refractivity contribution is -0.0495. The number of carboxylic acid groups (broad SMARTS) is 1. The summed E-state index contributed by atoms with van der Waals surface area (Å²) < 4.78 is 0. The lowest BCUT2D eigenvalue weighted by Gasteiger charge is -2.39. The first-order valence-corrected chi connectivity index (χ1v) is 9.80. The molecule has 142 valence electrons. The molecule has 4 nitrogen and oxygen atoms in total. The van der Waals surface area contributed by atoms with Crippen molar-refractivity contribution in [2.45, 2.75) is 31.8 Å². The second-order valence-electron chi connectivity index (χ2n) is 8.16. The largest absolute Gasteiger partial charge is 0.478 e. The fraction of sp³-hybridized carbons (Fsp3) is 0.435. The molecule has 4 rings (SSSR count). The van der Waals surface area contributed by atoms with E-state index in [0.29, 0.717) is 24.3 Å². The molecule has 0 saturated carbocycles. The zero-order valence-electron chi connectivity index (χ0n) is 15.8. The lowest BCUT2D eigenvalue weighted by Crippen LogP contribution is -2.42. The third-order valence-corrected chi connectivity index (χ3v) is 6.55.